The van der Waals surface area contributed by atoms with E-state index in [1.807, 2.05) is 13.0 Å². The van der Waals surface area contributed by atoms with E-state index in [0.29, 0.717) is 18.7 Å². The zero-order valence-corrected chi connectivity index (χ0v) is 11.5. The first-order valence-electron chi connectivity index (χ1n) is 6.34. The van der Waals surface area contributed by atoms with Crippen molar-refractivity contribution in [2.45, 2.75) is 33.6 Å². The maximum absolute atomic E-state index is 11.9. The molecule has 0 bridgehead atoms. The van der Waals surface area contributed by atoms with E-state index in [4.69, 9.17) is 5.73 Å². The van der Waals surface area contributed by atoms with Crippen LogP contribution in [0.4, 0.5) is 0 Å². The molecule has 0 aliphatic carbocycles. The molecule has 0 saturated carbocycles. The Bertz CT molecular complexity index is 402. The van der Waals surface area contributed by atoms with Crippen molar-refractivity contribution in [2.75, 3.05) is 13.1 Å². The van der Waals surface area contributed by atoms with Crippen molar-refractivity contribution in [1.82, 2.24) is 10.3 Å². The lowest BCUT2D eigenvalue weighted by Gasteiger charge is -2.24. The highest BCUT2D eigenvalue weighted by Crippen LogP contribution is 2.20. The molecule has 4 heteroatoms. The highest BCUT2D eigenvalue weighted by molar-refractivity contribution is 5.94. The van der Waals surface area contributed by atoms with Crippen LogP contribution in [-0.2, 0) is 0 Å². The Morgan fingerprint density at radius 3 is 2.78 bits per heavy atom. The number of amides is 1. The summed E-state index contributed by atoms with van der Waals surface area (Å²) in [5.74, 6) is -0.0629. The van der Waals surface area contributed by atoms with Crippen LogP contribution in [0.2, 0.25) is 0 Å². The Kier molecular flexibility index (Phi) is 5.28. The van der Waals surface area contributed by atoms with Gasteiger partial charge in [0.1, 0.15) is 0 Å². The Labute approximate surface area is 109 Å². The number of carbonyl (C=O) groups is 1. The van der Waals surface area contributed by atoms with Crippen molar-refractivity contribution in [1.29, 1.82) is 0 Å². The number of hydrogen-bond acceptors (Lipinski definition) is 3. The normalized spacial score (nSPS) is 11.3. The van der Waals surface area contributed by atoms with Crippen LogP contribution in [0.25, 0.3) is 0 Å². The fraction of sp³-hybridized carbons (Fsp3) is 0.571. The second-order valence-electron chi connectivity index (χ2n) is 5.49. The number of pyridine rings is 1. The second kappa shape index (κ2) is 6.50. The quantitative estimate of drug-likeness (QED) is 0.809. The van der Waals surface area contributed by atoms with Crippen LogP contribution in [0, 0.1) is 12.3 Å². The number of carbonyl (C=O) groups excluding carboxylic acids is 1. The number of rotatable bonds is 6. The molecule has 4 nitrogen and oxygen atoms in total. The smallest absolute Gasteiger partial charge is 0.252 e. The summed E-state index contributed by atoms with van der Waals surface area (Å²) in [7, 11) is 0. The van der Waals surface area contributed by atoms with Gasteiger partial charge >= 0.3 is 0 Å². The topological polar surface area (TPSA) is 68.0 Å². The van der Waals surface area contributed by atoms with E-state index in [1.54, 1.807) is 12.4 Å². The molecule has 0 aromatic carbocycles. The first kappa shape index (κ1) is 14.6. The van der Waals surface area contributed by atoms with Crippen molar-refractivity contribution in [3.63, 3.8) is 0 Å². The van der Waals surface area contributed by atoms with Gasteiger partial charge in [0.2, 0.25) is 0 Å². The average molecular weight is 249 g/mol. The minimum absolute atomic E-state index is 0.0629. The summed E-state index contributed by atoms with van der Waals surface area (Å²) in [6.45, 7) is 7.54. The van der Waals surface area contributed by atoms with Crippen molar-refractivity contribution in [3.05, 3.63) is 29.6 Å². The molecule has 0 aliphatic rings. The van der Waals surface area contributed by atoms with E-state index in [9.17, 15) is 4.79 Å². The molecule has 1 aromatic rings. The Balaban J connectivity index is 2.50. The molecule has 1 heterocycles. The summed E-state index contributed by atoms with van der Waals surface area (Å²) in [6, 6.07) is 1.84. The number of nitrogens with two attached hydrogens (primary N) is 1. The third-order valence-corrected chi connectivity index (χ3v) is 2.92. The molecule has 0 unspecified atom stereocenters. The minimum atomic E-state index is -0.0629. The maximum atomic E-state index is 11.9. The van der Waals surface area contributed by atoms with Crippen LogP contribution in [0.15, 0.2) is 18.5 Å². The number of nitrogens with zero attached hydrogens (tertiary/aromatic N) is 1. The van der Waals surface area contributed by atoms with Crippen LogP contribution in [0.3, 0.4) is 0 Å². The summed E-state index contributed by atoms with van der Waals surface area (Å²) >= 11 is 0. The van der Waals surface area contributed by atoms with Crippen molar-refractivity contribution >= 4 is 5.91 Å². The zero-order valence-electron chi connectivity index (χ0n) is 11.5. The van der Waals surface area contributed by atoms with E-state index in [2.05, 4.69) is 24.1 Å². The summed E-state index contributed by atoms with van der Waals surface area (Å²) in [5, 5.41) is 2.96. The lowest BCUT2D eigenvalue weighted by Crippen LogP contribution is -2.34. The molecular formula is C14H23N3O. The molecule has 3 N–H and O–H groups in total. The van der Waals surface area contributed by atoms with Crippen molar-refractivity contribution in [3.8, 4) is 0 Å². The van der Waals surface area contributed by atoms with Gasteiger partial charge in [-0.05, 0) is 43.4 Å². The molecule has 0 aliphatic heterocycles. The number of aromatic nitrogens is 1. The van der Waals surface area contributed by atoms with Gasteiger partial charge in [-0.3, -0.25) is 9.78 Å². The highest BCUT2D eigenvalue weighted by atomic mass is 16.1. The van der Waals surface area contributed by atoms with E-state index in [1.165, 1.54) is 0 Å². The molecule has 100 valence electrons. The molecule has 0 atom stereocenters. The second-order valence-corrected chi connectivity index (χ2v) is 5.49. The molecule has 1 aromatic heterocycles. The van der Waals surface area contributed by atoms with Crippen LogP contribution in [-0.4, -0.2) is 24.0 Å². The molecule has 18 heavy (non-hydrogen) atoms. The van der Waals surface area contributed by atoms with Crippen LogP contribution in [0.5, 0.6) is 0 Å². The molecular weight excluding hydrogens is 226 g/mol. The number of nitrogens with one attached hydrogen (secondary N) is 1. The van der Waals surface area contributed by atoms with E-state index in [-0.39, 0.29) is 11.3 Å². The minimum Gasteiger partial charge on any atom is -0.351 e. The van der Waals surface area contributed by atoms with Gasteiger partial charge in [-0.1, -0.05) is 13.8 Å². The van der Waals surface area contributed by atoms with Gasteiger partial charge in [0, 0.05) is 18.9 Å². The summed E-state index contributed by atoms with van der Waals surface area (Å²) in [5.41, 5.74) is 7.19. The third kappa shape index (κ3) is 4.84. The molecule has 0 radical (unpaired) electrons. The summed E-state index contributed by atoms with van der Waals surface area (Å²) < 4.78 is 0. The SMILES string of the molecule is Cc1cncc(C(=O)NCC(C)(C)CCCN)c1. The average Bonchev–Trinajstić information content (AvgIpc) is 2.34. The third-order valence-electron chi connectivity index (χ3n) is 2.92. The molecule has 1 amide bonds. The lowest BCUT2D eigenvalue weighted by atomic mass is 9.87. The Morgan fingerprint density at radius 2 is 2.17 bits per heavy atom. The first-order chi connectivity index (χ1) is 8.44. The monoisotopic (exact) mass is 249 g/mol. The van der Waals surface area contributed by atoms with Crippen LogP contribution >= 0.6 is 0 Å². The maximum Gasteiger partial charge on any atom is 0.252 e. The molecule has 0 saturated heterocycles. The Morgan fingerprint density at radius 1 is 1.44 bits per heavy atom. The van der Waals surface area contributed by atoms with Crippen LogP contribution < -0.4 is 11.1 Å². The predicted octanol–water partition coefficient (Wildman–Crippen LogP) is 1.88. The number of aryl methyl sites for hydroxylation is 1. The van der Waals surface area contributed by atoms with Crippen LogP contribution in [0.1, 0.15) is 42.6 Å². The predicted molar refractivity (Wildman–Crippen MR) is 73.4 cm³/mol. The fourth-order valence-corrected chi connectivity index (χ4v) is 1.77. The van der Waals surface area contributed by atoms with Gasteiger partial charge in [-0.25, -0.2) is 0 Å². The van der Waals surface area contributed by atoms with Crippen molar-refractivity contribution < 1.29 is 4.79 Å². The largest absolute Gasteiger partial charge is 0.351 e. The molecule has 0 spiro atoms. The van der Waals surface area contributed by atoms with Gasteiger partial charge < -0.3 is 11.1 Å². The summed E-state index contributed by atoms with van der Waals surface area (Å²) in [6.07, 6.45) is 5.32. The standard InChI is InChI=1S/C14H23N3O/c1-11-7-12(9-16-8-11)13(18)17-10-14(2,3)5-4-6-15/h7-9H,4-6,10,15H2,1-3H3,(H,17,18). The summed E-state index contributed by atoms with van der Waals surface area (Å²) in [4.78, 5) is 16.0. The van der Waals surface area contributed by atoms with E-state index >= 15 is 0 Å². The van der Waals surface area contributed by atoms with E-state index < -0.39 is 0 Å². The molecule has 1 rings (SSSR count). The Hall–Kier alpha value is -1.42. The molecule has 0 fully saturated rings. The fourth-order valence-electron chi connectivity index (χ4n) is 1.77. The van der Waals surface area contributed by atoms with Gasteiger partial charge in [-0.2, -0.15) is 0 Å². The zero-order chi connectivity index (χ0) is 13.6. The van der Waals surface area contributed by atoms with E-state index in [0.717, 1.165) is 18.4 Å². The van der Waals surface area contributed by atoms with Gasteiger partial charge in [0.25, 0.3) is 5.91 Å². The van der Waals surface area contributed by atoms with Crippen molar-refractivity contribution in [2.24, 2.45) is 11.1 Å². The lowest BCUT2D eigenvalue weighted by molar-refractivity contribution is 0.0934. The highest BCUT2D eigenvalue weighted by Gasteiger charge is 2.18. The van der Waals surface area contributed by atoms with Gasteiger partial charge in [0.05, 0.1) is 5.56 Å². The van der Waals surface area contributed by atoms with Gasteiger partial charge in [0.15, 0.2) is 0 Å². The number of hydrogen-bond donors (Lipinski definition) is 2. The first-order valence-corrected chi connectivity index (χ1v) is 6.34. The van der Waals surface area contributed by atoms with Gasteiger partial charge in [-0.15, -0.1) is 0 Å².